The minimum absolute atomic E-state index is 0.0984. The number of aromatic nitrogens is 3. The lowest BCUT2D eigenvalue weighted by atomic mass is 10.0. The summed E-state index contributed by atoms with van der Waals surface area (Å²) in [7, 11) is 0. The molecule has 0 unspecified atom stereocenters. The molecule has 0 saturated heterocycles. The standard InChI is InChI=1S/C17H14F3N5O2/c18-17(19,20)14-7-11(13-4-2-6-27-13)23-15-8-12(24-25(14)15)16(26)22-10-3-1-5-21-9-10/h1-6,8-9,11,14,23H,7H2,(H,22,26)/t11-,14+/m0/s1. The molecule has 0 spiro atoms. The van der Waals surface area contributed by atoms with Crippen LogP contribution in [0, 0.1) is 0 Å². The van der Waals surface area contributed by atoms with Crippen molar-refractivity contribution in [2.45, 2.75) is 24.7 Å². The minimum atomic E-state index is -4.52. The molecule has 1 aliphatic heterocycles. The fraction of sp³-hybridized carbons (Fsp3) is 0.235. The second-order valence-corrected chi connectivity index (χ2v) is 6.06. The number of alkyl halides is 3. The third kappa shape index (κ3) is 3.37. The van der Waals surface area contributed by atoms with E-state index in [-0.39, 0.29) is 17.9 Å². The lowest BCUT2D eigenvalue weighted by Gasteiger charge is -2.32. The molecule has 27 heavy (non-hydrogen) atoms. The molecule has 0 saturated carbocycles. The summed E-state index contributed by atoms with van der Waals surface area (Å²) in [5.41, 5.74) is 0.290. The van der Waals surface area contributed by atoms with Crippen molar-refractivity contribution in [1.29, 1.82) is 0 Å². The van der Waals surface area contributed by atoms with Crippen molar-refractivity contribution in [2.75, 3.05) is 10.6 Å². The first-order chi connectivity index (χ1) is 12.9. The van der Waals surface area contributed by atoms with E-state index >= 15 is 0 Å². The van der Waals surface area contributed by atoms with Crippen LogP contribution in [0.2, 0.25) is 0 Å². The van der Waals surface area contributed by atoms with E-state index in [0.29, 0.717) is 11.4 Å². The van der Waals surface area contributed by atoms with Gasteiger partial charge < -0.3 is 15.1 Å². The molecule has 0 bridgehead atoms. The van der Waals surface area contributed by atoms with Gasteiger partial charge in [0.15, 0.2) is 11.7 Å². The molecule has 0 aliphatic carbocycles. The number of furan rings is 1. The maximum atomic E-state index is 13.6. The average Bonchev–Trinajstić information content (AvgIpc) is 3.30. The summed E-state index contributed by atoms with van der Waals surface area (Å²) in [5, 5.41) is 9.39. The summed E-state index contributed by atoms with van der Waals surface area (Å²) in [6, 6.07) is 5.20. The zero-order chi connectivity index (χ0) is 19.0. The van der Waals surface area contributed by atoms with Crippen LogP contribution >= 0.6 is 0 Å². The zero-order valence-corrected chi connectivity index (χ0v) is 13.8. The molecule has 140 valence electrons. The lowest BCUT2D eigenvalue weighted by Crippen LogP contribution is -2.35. The second kappa shape index (κ2) is 6.45. The number of carbonyl (C=O) groups is 1. The summed E-state index contributed by atoms with van der Waals surface area (Å²) in [5.74, 6) is -0.137. The Morgan fingerprint density at radius 3 is 2.85 bits per heavy atom. The number of carbonyl (C=O) groups excluding carboxylic acids is 1. The fourth-order valence-corrected chi connectivity index (χ4v) is 2.99. The Labute approximate surface area is 151 Å². The van der Waals surface area contributed by atoms with Crippen molar-refractivity contribution in [1.82, 2.24) is 14.8 Å². The molecule has 7 nitrogen and oxygen atoms in total. The van der Waals surface area contributed by atoms with E-state index in [1.54, 1.807) is 24.3 Å². The molecular formula is C17H14F3N5O2. The predicted molar refractivity (Wildman–Crippen MR) is 89.2 cm³/mol. The Kier molecular flexibility index (Phi) is 4.09. The number of hydrogen-bond donors (Lipinski definition) is 2. The third-order valence-electron chi connectivity index (χ3n) is 4.23. The molecule has 2 atom stereocenters. The highest BCUT2D eigenvalue weighted by Gasteiger charge is 2.47. The first-order valence-electron chi connectivity index (χ1n) is 8.09. The summed E-state index contributed by atoms with van der Waals surface area (Å²) in [6.07, 6.45) is -0.451. The van der Waals surface area contributed by atoms with Crippen LogP contribution in [-0.4, -0.2) is 26.8 Å². The number of pyridine rings is 1. The van der Waals surface area contributed by atoms with Gasteiger partial charge in [-0.1, -0.05) is 0 Å². The molecule has 1 aliphatic rings. The van der Waals surface area contributed by atoms with Gasteiger partial charge in [0.05, 0.1) is 24.2 Å². The molecule has 0 aromatic carbocycles. The first-order valence-corrected chi connectivity index (χ1v) is 8.09. The van der Waals surface area contributed by atoms with Crippen molar-refractivity contribution in [3.8, 4) is 0 Å². The van der Waals surface area contributed by atoms with E-state index < -0.39 is 24.2 Å². The van der Waals surface area contributed by atoms with Crippen LogP contribution in [0.3, 0.4) is 0 Å². The van der Waals surface area contributed by atoms with Gasteiger partial charge in [0, 0.05) is 18.7 Å². The Hall–Kier alpha value is -3.30. The molecular weight excluding hydrogens is 363 g/mol. The van der Waals surface area contributed by atoms with Gasteiger partial charge in [-0.3, -0.25) is 9.78 Å². The smallest absolute Gasteiger partial charge is 0.410 e. The van der Waals surface area contributed by atoms with Crippen molar-refractivity contribution < 1.29 is 22.4 Å². The van der Waals surface area contributed by atoms with Gasteiger partial charge >= 0.3 is 6.18 Å². The maximum Gasteiger partial charge on any atom is 0.410 e. The Morgan fingerprint density at radius 2 is 2.19 bits per heavy atom. The number of nitrogens with one attached hydrogen (secondary N) is 2. The van der Waals surface area contributed by atoms with E-state index in [1.165, 1.54) is 24.7 Å². The van der Waals surface area contributed by atoms with Crippen LogP contribution in [-0.2, 0) is 0 Å². The Bertz CT molecular complexity index is 937. The van der Waals surface area contributed by atoms with Crippen LogP contribution in [0.15, 0.2) is 53.4 Å². The third-order valence-corrected chi connectivity index (χ3v) is 4.23. The van der Waals surface area contributed by atoms with E-state index in [1.807, 2.05) is 0 Å². The van der Waals surface area contributed by atoms with E-state index in [2.05, 4.69) is 20.7 Å². The maximum absolute atomic E-state index is 13.6. The number of rotatable bonds is 3. The van der Waals surface area contributed by atoms with Crippen LogP contribution in [0.4, 0.5) is 24.7 Å². The highest BCUT2D eigenvalue weighted by Crippen LogP contribution is 2.43. The van der Waals surface area contributed by atoms with Gasteiger partial charge in [0.1, 0.15) is 11.6 Å². The first kappa shape index (κ1) is 17.1. The van der Waals surface area contributed by atoms with E-state index in [9.17, 15) is 18.0 Å². The number of halogens is 3. The van der Waals surface area contributed by atoms with Crippen LogP contribution in [0.1, 0.15) is 34.8 Å². The topological polar surface area (TPSA) is 85.0 Å². The van der Waals surface area contributed by atoms with Crippen LogP contribution in [0.5, 0.6) is 0 Å². The minimum Gasteiger partial charge on any atom is -0.467 e. The van der Waals surface area contributed by atoms with Crippen LogP contribution in [0.25, 0.3) is 0 Å². The van der Waals surface area contributed by atoms with Crippen molar-refractivity contribution in [3.63, 3.8) is 0 Å². The van der Waals surface area contributed by atoms with E-state index in [4.69, 9.17) is 4.42 Å². The van der Waals surface area contributed by atoms with Gasteiger partial charge in [-0.25, -0.2) is 4.68 Å². The molecule has 3 aromatic heterocycles. The Morgan fingerprint density at radius 1 is 1.33 bits per heavy atom. The van der Waals surface area contributed by atoms with Gasteiger partial charge in [-0.05, 0) is 24.3 Å². The molecule has 1 amide bonds. The predicted octanol–water partition coefficient (Wildman–Crippen LogP) is 3.78. The van der Waals surface area contributed by atoms with Crippen LogP contribution < -0.4 is 10.6 Å². The molecule has 0 fully saturated rings. The fourth-order valence-electron chi connectivity index (χ4n) is 2.99. The number of hydrogen-bond acceptors (Lipinski definition) is 5. The average molecular weight is 377 g/mol. The van der Waals surface area contributed by atoms with Gasteiger partial charge in [0.2, 0.25) is 0 Å². The van der Waals surface area contributed by atoms with Crippen molar-refractivity contribution >= 4 is 17.4 Å². The number of anilines is 2. The summed E-state index contributed by atoms with van der Waals surface area (Å²) < 4.78 is 46.7. The second-order valence-electron chi connectivity index (χ2n) is 6.06. The molecule has 0 radical (unpaired) electrons. The lowest BCUT2D eigenvalue weighted by molar-refractivity contribution is -0.174. The zero-order valence-electron chi connectivity index (χ0n) is 13.8. The molecule has 3 aromatic rings. The normalized spacial score (nSPS) is 19.2. The van der Waals surface area contributed by atoms with Crippen molar-refractivity contribution in [2.24, 2.45) is 0 Å². The van der Waals surface area contributed by atoms with E-state index in [0.717, 1.165) is 4.68 Å². The van der Waals surface area contributed by atoms with Gasteiger partial charge in [-0.15, -0.1) is 0 Å². The summed E-state index contributed by atoms with van der Waals surface area (Å²) >= 11 is 0. The summed E-state index contributed by atoms with van der Waals surface area (Å²) in [4.78, 5) is 16.2. The number of amides is 1. The highest BCUT2D eigenvalue weighted by atomic mass is 19.4. The van der Waals surface area contributed by atoms with Gasteiger partial charge in [-0.2, -0.15) is 18.3 Å². The molecule has 4 heterocycles. The highest BCUT2D eigenvalue weighted by molar-refractivity contribution is 6.03. The monoisotopic (exact) mass is 377 g/mol. The molecule has 4 rings (SSSR count). The summed E-state index contributed by atoms with van der Waals surface area (Å²) in [6.45, 7) is 0. The largest absolute Gasteiger partial charge is 0.467 e. The number of fused-ring (bicyclic) bond motifs is 1. The molecule has 2 N–H and O–H groups in total. The number of nitrogens with zero attached hydrogens (tertiary/aromatic N) is 3. The SMILES string of the molecule is O=C(Nc1cccnc1)c1cc2n(n1)[C@@H](C(F)(F)F)C[C@@H](c1ccco1)N2. The van der Waals surface area contributed by atoms with Gasteiger partial charge in [0.25, 0.3) is 5.91 Å². The quantitative estimate of drug-likeness (QED) is 0.726. The Balaban J connectivity index is 1.64. The molecule has 10 heteroatoms. The van der Waals surface area contributed by atoms with Crippen molar-refractivity contribution in [3.05, 3.63) is 60.4 Å².